The van der Waals surface area contributed by atoms with Gasteiger partial charge in [-0.05, 0) is 36.9 Å². The average molecular weight is 474 g/mol. The standard InChI is InChI=1S/C23H21BrFNO4/c1-3-23(2,22(28)29)26-21(27)18-11-9-14-6-4-5-7-17(14)20(18)30-13-15-8-10-16(24)12-19(15)25/h4-12H,3,13H2,1-2H3,(H,26,27)(H,28,29). The van der Waals surface area contributed by atoms with Crippen molar-refractivity contribution in [1.29, 1.82) is 0 Å². The molecule has 1 amide bonds. The summed E-state index contributed by atoms with van der Waals surface area (Å²) in [5.41, 5.74) is -0.897. The largest absolute Gasteiger partial charge is 0.487 e. The van der Waals surface area contributed by atoms with Crippen LogP contribution in [0.2, 0.25) is 0 Å². The van der Waals surface area contributed by atoms with Crippen molar-refractivity contribution >= 4 is 38.6 Å². The van der Waals surface area contributed by atoms with E-state index in [-0.39, 0.29) is 24.3 Å². The minimum absolute atomic E-state index is 0.0859. The van der Waals surface area contributed by atoms with E-state index in [1.54, 1.807) is 37.3 Å². The van der Waals surface area contributed by atoms with E-state index >= 15 is 0 Å². The lowest BCUT2D eigenvalue weighted by molar-refractivity contribution is -0.143. The number of carbonyl (C=O) groups is 2. The van der Waals surface area contributed by atoms with E-state index < -0.39 is 23.2 Å². The fourth-order valence-electron chi connectivity index (χ4n) is 2.98. The zero-order valence-electron chi connectivity index (χ0n) is 16.5. The van der Waals surface area contributed by atoms with E-state index in [2.05, 4.69) is 21.2 Å². The molecule has 1 atom stereocenters. The number of hydrogen-bond acceptors (Lipinski definition) is 3. The number of ether oxygens (including phenoxy) is 1. The van der Waals surface area contributed by atoms with E-state index in [9.17, 15) is 19.1 Å². The second-order valence-electron chi connectivity index (χ2n) is 7.13. The number of aliphatic carboxylic acids is 1. The number of fused-ring (bicyclic) bond motifs is 1. The minimum Gasteiger partial charge on any atom is -0.487 e. The first kappa shape index (κ1) is 21.8. The maximum atomic E-state index is 14.2. The number of nitrogens with one attached hydrogen (secondary N) is 1. The Hall–Kier alpha value is -2.93. The van der Waals surface area contributed by atoms with Crippen molar-refractivity contribution in [2.24, 2.45) is 0 Å². The molecule has 0 aliphatic carbocycles. The second-order valence-corrected chi connectivity index (χ2v) is 8.05. The molecule has 2 N–H and O–H groups in total. The van der Waals surface area contributed by atoms with E-state index in [1.807, 2.05) is 18.2 Å². The van der Waals surface area contributed by atoms with Gasteiger partial charge in [0.05, 0.1) is 5.56 Å². The summed E-state index contributed by atoms with van der Waals surface area (Å²) in [5.74, 6) is -1.85. The number of benzene rings is 3. The topological polar surface area (TPSA) is 75.6 Å². The highest BCUT2D eigenvalue weighted by Crippen LogP contribution is 2.31. The van der Waals surface area contributed by atoms with Gasteiger partial charge in [0.15, 0.2) is 0 Å². The third-order valence-electron chi connectivity index (χ3n) is 5.08. The fourth-order valence-corrected chi connectivity index (χ4v) is 3.31. The zero-order valence-corrected chi connectivity index (χ0v) is 18.1. The van der Waals surface area contributed by atoms with Crippen LogP contribution in [0.25, 0.3) is 10.8 Å². The monoisotopic (exact) mass is 473 g/mol. The Balaban J connectivity index is 2.00. The number of carboxylic acid groups (broad SMARTS) is 1. The summed E-state index contributed by atoms with van der Waals surface area (Å²) in [4.78, 5) is 24.6. The van der Waals surface area contributed by atoms with Crippen LogP contribution < -0.4 is 10.1 Å². The average Bonchev–Trinajstić information content (AvgIpc) is 2.72. The molecule has 0 bridgehead atoms. The van der Waals surface area contributed by atoms with Gasteiger partial charge in [-0.3, -0.25) is 4.79 Å². The van der Waals surface area contributed by atoms with Crippen LogP contribution >= 0.6 is 15.9 Å². The van der Waals surface area contributed by atoms with Crippen molar-refractivity contribution in [2.45, 2.75) is 32.4 Å². The van der Waals surface area contributed by atoms with Crippen molar-refractivity contribution in [3.63, 3.8) is 0 Å². The van der Waals surface area contributed by atoms with Gasteiger partial charge in [-0.1, -0.05) is 59.3 Å². The number of hydrogen-bond donors (Lipinski definition) is 2. The number of rotatable bonds is 7. The molecule has 3 rings (SSSR count). The maximum absolute atomic E-state index is 14.2. The molecular weight excluding hydrogens is 453 g/mol. The van der Waals surface area contributed by atoms with Crippen LogP contribution in [0.4, 0.5) is 4.39 Å². The second kappa shape index (κ2) is 8.83. The van der Waals surface area contributed by atoms with Gasteiger partial charge in [-0.2, -0.15) is 0 Å². The van der Waals surface area contributed by atoms with E-state index in [4.69, 9.17) is 4.74 Å². The van der Waals surface area contributed by atoms with E-state index in [0.717, 1.165) is 5.39 Å². The molecule has 0 aliphatic rings. The molecule has 0 saturated carbocycles. The summed E-state index contributed by atoms with van der Waals surface area (Å²) in [6.07, 6.45) is 0.210. The van der Waals surface area contributed by atoms with Crippen molar-refractivity contribution in [3.8, 4) is 5.75 Å². The van der Waals surface area contributed by atoms with Crippen LogP contribution in [0.3, 0.4) is 0 Å². The molecule has 0 aromatic heterocycles. The molecule has 30 heavy (non-hydrogen) atoms. The minimum atomic E-state index is -1.42. The highest BCUT2D eigenvalue weighted by molar-refractivity contribution is 9.10. The van der Waals surface area contributed by atoms with Crippen molar-refractivity contribution in [2.75, 3.05) is 0 Å². The Bertz CT molecular complexity index is 1120. The Labute approximate surface area is 182 Å². The lowest BCUT2D eigenvalue weighted by atomic mass is 9.97. The Morgan fingerprint density at radius 2 is 1.90 bits per heavy atom. The molecule has 0 saturated heterocycles. The number of carboxylic acids is 1. The van der Waals surface area contributed by atoms with Crippen LogP contribution in [-0.2, 0) is 11.4 Å². The molecule has 156 valence electrons. The van der Waals surface area contributed by atoms with Crippen LogP contribution in [0.5, 0.6) is 5.75 Å². The number of carbonyl (C=O) groups excluding carboxylic acids is 1. The van der Waals surface area contributed by atoms with Gasteiger partial charge in [0, 0.05) is 15.4 Å². The Morgan fingerprint density at radius 1 is 1.17 bits per heavy atom. The summed E-state index contributed by atoms with van der Waals surface area (Å²) in [6.45, 7) is 3.05. The summed E-state index contributed by atoms with van der Waals surface area (Å²) in [5, 5.41) is 13.6. The highest BCUT2D eigenvalue weighted by atomic mass is 79.9. The molecule has 3 aromatic rings. The van der Waals surface area contributed by atoms with Gasteiger partial charge in [0.2, 0.25) is 0 Å². The molecule has 0 aliphatic heterocycles. The van der Waals surface area contributed by atoms with E-state index in [1.165, 1.54) is 13.0 Å². The normalized spacial score (nSPS) is 12.9. The first-order chi connectivity index (χ1) is 14.2. The van der Waals surface area contributed by atoms with Crippen molar-refractivity contribution in [1.82, 2.24) is 5.32 Å². The first-order valence-electron chi connectivity index (χ1n) is 9.39. The smallest absolute Gasteiger partial charge is 0.329 e. The summed E-state index contributed by atoms with van der Waals surface area (Å²) in [6, 6.07) is 15.3. The quantitative estimate of drug-likeness (QED) is 0.487. The lowest BCUT2D eigenvalue weighted by Gasteiger charge is -2.25. The van der Waals surface area contributed by atoms with E-state index in [0.29, 0.717) is 15.4 Å². The maximum Gasteiger partial charge on any atom is 0.329 e. The predicted octanol–water partition coefficient (Wildman–Crippen LogP) is 5.30. The SMILES string of the molecule is CCC(C)(NC(=O)c1ccc2ccccc2c1OCc1ccc(Br)cc1F)C(=O)O. The van der Waals surface area contributed by atoms with Crippen molar-refractivity contribution in [3.05, 3.63) is 76.0 Å². The third kappa shape index (κ3) is 4.46. The van der Waals surface area contributed by atoms with Crippen LogP contribution in [0, 0.1) is 5.82 Å². The van der Waals surface area contributed by atoms with Gasteiger partial charge < -0.3 is 15.2 Å². The van der Waals surface area contributed by atoms with Gasteiger partial charge in [-0.15, -0.1) is 0 Å². The molecule has 0 heterocycles. The third-order valence-corrected chi connectivity index (χ3v) is 5.57. The lowest BCUT2D eigenvalue weighted by Crippen LogP contribution is -2.51. The van der Waals surface area contributed by atoms with Gasteiger partial charge in [0.25, 0.3) is 5.91 Å². The van der Waals surface area contributed by atoms with Gasteiger partial charge in [-0.25, -0.2) is 9.18 Å². The number of halogens is 2. The predicted molar refractivity (Wildman–Crippen MR) is 116 cm³/mol. The molecule has 0 radical (unpaired) electrons. The molecule has 5 nitrogen and oxygen atoms in total. The van der Waals surface area contributed by atoms with Crippen LogP contribution in [0.15, 0.2) is 59.1 Å². The Morgan fingerprint density at radius 3 is 2.57 bits per heavy atom. The fraction of sp³-hybridized carbons (Fsp3) is 0.217. The number of amides is 1. The highest BCUT2D eigenvalue weighted by Gasteiger charge is 2.34. The van der Waals surface area contributed by atoms with Crippen LogP contribution in [0.1, 0.15) is 36.2 Å². The summed E-state index contributed by atoms with van der Waals surface area (Å²) < 4.78 is 20.8. The summed E-state index contributed by atoms with van der Waals surface area (Å²) >= 11 is 3.22. The van der Waals surface area contributed by atoms with Gasteiger partial charge >= 0.3 is 5.97 Å². The molecule has 0 spiro atoms. The Kier molecular flexibility index (Phi) is 6.41. The van der Waals surface area contributed by atoms with Gasteiger partial charge in [0.1, 0.15) is 23.7 Å². The zero-order chi connectivity index (χ0) is 21.9. The summed E-state index contributed by atoms with van der Waals surface area (Å²) in [7, 11) is 0. The molecule has 0 fully saturated rings. The molecule has 1 unspecified atom stereocenters. The van der Waals surface area contributed by atoms with Crippen molar-refractivity contribution < 1.29 is 23.8 Å². The first-order valence-corrected chi connectivity index (χ1v) is 10.2. The molecular formula is C23H21BrFNO4. The van der Waals surface area contributed by atoms with Crippen LogP contribution in [-0.4, -0.2) is 22.5 Å². The molecule has 7 heteroatoms. The molecule has 3 aromatic carbocycles.